The molecule has 0 unspecified atom stereocenters. The largest absolute Gasteiger partial charge is 0.494 e. The highest BCUT2D eigenvalue weighted by atomic mass is 32.2. The zero-order valence-electron chi connectivity index (χ0n) is 18.1. The van der Waals surface area contributed by atoms with Crippen LogP contribution < -0.4 is 10.1 Å². The van der Waals surface area contributed by atoms with E-state index in [0.29, 0.717) is 25.5 Å². The van der Waals surface area contributed by atoms with E-state index >= 15 is 0 Å². The van der Waals surface area contributed by atoms with Crippen LogP contribution >= 0.6 is 11.8 Å². The molecule has 29 heavy (non-hydrogen) atoms. The molecule has 1 amide bonds. The highest BCUT2D eigenvalue weighted by Crippen LogP contribution is 2.17. The van der Waals surface area contributed by atoms with Gasteiger partial charge in [0, 0.05) is 25.9 Å². The lowest BCUT2D eigenvalue weighted by molar-refractivity contribution is -0.121. The zero-order valence-corrected chi connectivity index (χ0v) is 18.9. The molecule has 7 heteroatoms. The molecule has 0 aliphatic rings. The molecule has 0 aliphatic carbocycles. The van der Waals surface area contributed by atoms with E-state index in [9.17, 15) is 4.79 Å². The zero-order chi connectivity index (χ0) is 21.1. The average Bonchev–Trinajstić information content (AvgIpc) is 3.06. The maximum atomic E-state index is 12.0. The van der Waals surface area contributed by atoms with Crippen LogP contribution in [0.25, 0.3) is 0 Å². The maximum Gasteiger partial charge on any atom is 0.219 e. The van der Waals surface area contributed by atoms with Crippen LogP contribution in [0.15, 0.2) is 29.4 Å². The normalized spacial score (nSPS) is 11.1. The number of nitrogens with one attached hydrogen (secondary N) is 1. The van der Waals surface area contributed by atoms with Crippen LogP contribution in [-0.4, -0.2) is 40.1 Å². The van der Waals surface area contributed by atoms with E-state index in [-0.39, 0.29) is 5.91 Å². The Hall–Kier alpha value is -2.02. The number of aryl methyl sites for hydroxylation is 2. The minimum atomic E-state index is 0.106. The predicted octanol–water partition coefficient (Wildman–Crippen LogP) is 4.26. The molecule has 0 atom stereocenters. The van der Waals surface area contributed by atoms with Gasteiger partial charge in [0.1, 0.15) is 11.6 Å². The summed E-state index contributed by atoms with van der Waals surface area (Å²) in [5, 5.41) is 12.6. The van der Waals surface area contributed by atoms with Crippen molar-refractivity contribution >= 4 is 17.7 Å². The van der Waals surface area contributed by atoms with Crippen molar-refractivity contribution in [1.82, 2.24) is 20.1 Å². The Morgan fingerprint density at radius 1 is 1.24 bits per heavy atom. The van der Waals surface area contributed by atoms with Crippen molar-refractivity contribution in [2.75, 3.05) is 19.4 Å². The van der Waals surface area contributed by atoms with E-state index in [2.05, 4.69) is 33.9 Å². The third-order valence-electron chi connectivity index (χ3n) is 4.48. The number of carbonyl (C=O) groups is 1. The van der Waals surface area contributed by atoms with Crippen molar-refractivity contribution in [3.8, 4) is 5.75 Å². The molecule has 160 valence electrons. The Labute approximate surface area is 178 Å². The first-order valence-corrected chi connectivity index (χ1v) is 11.6. The second-order valence-electron chi connectivity index (χ2n) is 7.68. The summed E-state index contributed by atoms with van der Waals surface area (Å²) in [5.41, 5.74) is 1.19. The van der Waals surface area contributed by atoms with Crippen LogP contribution in [-0.2, 0) is 17.8 Å². The van der Waals surface area contributed by atoms with E-state index in [1.54, 1.807) is 11.8 Å². The number of benzene rings is 1. The van der Waals surface area contributed by atoms with E-state index < -0.39 is 0 Å². The summed E-state index contributed by atoms with van der Waals surface area (Å²) in [4.78, 5) is 12.0. The maximum absolute atomic E-state index is 12.0. The Balaban J connectivity index is 1.58. The van der Waals surface area contributed by atoms with Crippen LogP contribution in [0.5, 0.6) is 5.75 Å². The van der Waals surface area contributed by atoms with Crippen molar-refractivity contribution in [1.29, 1.82) is 0 Å². The monoisotopic (exact) mass is 418 g/mol. The predicted molar refractivity (Wildman–Crippen MR) is 118 cm³/mol. The number of thioether (sulfide) groups is 1. The molecule has 0 radical (unpaired) electrons. The highest BCUT2D eigenvalue weighted by Gasteiger charge is 2.12. The van der Waals surface area contributed by atoms with Gasteiger partial charge in [0.25, 0.3) is 0 Å². The Kier molecular flexibility index (Phi) is 10.0. The van der Waals surface area contributed by atoms with Crippen LogP contribution in [0.3, 0.4) is 0 Å². The summed E-state index contributed by atoms with van der Waals surface area (Å²) >= 11 is 1.62. The van der Waals surface area contributed by atoms with Crippen molar-refractivity contribution in [3.05, 3.63) is 35.7 Å². The molecule has 0 saturated heterocycles. The van der Waals surface area contributed by atoms with Crippen LogP contribution in [0.2, 0.25) is 0 Å². The molecular weight excluding hydrogens is 384 g/mol. The van der Waals surface area contributed by atoms with Gasteiger partial charge in [-0.05, 0) is 56.1 Å². The molecular formula is C22H34N4O2S. The fraction of sp³-hybridized carbons (Fsp3) is 0.591. The number of amides is 1. The molecule has 0 bridgehead atoms. The van der Waals surface area contributed by atoms with Gasteiger partial charge in [0.05, 0.1) is 6.61 Å². The lowest BCUT2D eigenvalue weighted by Crippen LogP contribution is -2.24. The van der Waals surface area contributed by atoms with Gasteiger partial charge in [0.2, 0.25) is 5.91 Å². The Morgan fingerprint density at radius 2 is 2.07 bits per heavy atom. The molecule has 1 heterocycles. The second-order valence-corrected chi connectivity index (χ2v) is 8.46. The standard InChI is InChI=1S/C22H34N4O2S/c1-17(2)16-26-20(24-25-22(26)29-4)11-8-13-23-21(27)12-5-6-14-28-19-10-7-9-18(3)15-19/h7,9-10,15,17H,5-6,8,11-14,16H2,1-4H3,(H,23,27). The molecule has 2 aromatic rings. The molecule has 0 fully saturated rings. The second kappa shape index (κ2) is 12.5. The molecule has 1 aromatic carbocycles. The summed E-state index contributed by atoms with van der Waals surface area (Å²) in [7, 11) is 0. The molecule has 6 nitrogen and oxygen atoms in total. The Bertz CT molecular complexity index is 761. The van der Waals surface area contributed by atoms with Gasteiger partial charge in [-0.15, -0.1) is 10.2 Å². The number of ether oxygens (including phenoxy) is 1. The summed E-state index contributed by atoms with van der Waals surface area (Å²) in [6.07, 6.45) is 5.96. The highest BCUT2D eigenvalue weighted by molar-refractivity contribution is 7.98. The summed E-state index contributed by atoms with van der Waals surface area (Å²) in [5.74, 6) is 2.55. The van der Waals surface area contributed by atoms with Gasteiger partial charge in [-0.25, -0.2) is 0 Å². The van der Waals surface area contributed by atoms with Crippen LogP contribution in [0, 0.1) is 12.8 Å². The van der Waals surface area contributed by atoms with E-state index in [1.807, 2.05) is 37.4 Å². The number of unbranched alkanes of at least 4 members (excludes halogenated alkanes) is 1. The summed E-state index contributed by atoms with van der Waals surface area (Å²) in [6, 6.07) is 8.03. The third kappa shape index (κ3) is 8.48. The van der Waals surface area contributed by atoms with Gasteiger partial charge in [-0.2, -0.15) is 0 Å². The first kappa shape index (κ1) is 23.3. The number of carbonyl (C=O) groups excluding carboxylic acids is 1. The van der Waals surface area contributed by atoms with Gasteiger partial charge in [-0.3, -0.25) is 4.79 Å². The lowest BCUT2D eigenvalue weighted by atomic mass is 10.2. The van der Waals surface area contributed by atoms with Crippen LogP contribution in [0.1, 0.15) is 50.9 Å². The quantitative estimate of drug-likeness (QED) is 0.389. The first-order valence-electron chi connectivity index (χ1n) is 10.4. The average molecular weight is 419 g/mol. The third-order valence-corrected chi connectivity index (χ3v) is 5.15. The first-order chi connectivity index (χ1) is 14.0. The Morgan fingerprint density at radius 3 is 2.79 bits per heavy atom. The molecule has 0 aliphatic heterocycles. The minimum absolute atomic E-state index is 0.106. The van der Waals surface area contributed by atoms with Crippen molar-refractivity contribution in [2.45, 2.75) is 64.6 Å². The molecule has 2 rings (SSSR count). The summed E-state index contributed by atoms with van der Waals surface area (Å²) in [6.45, 7) is 8.67. The SMILES string of the molecule is CSc1nnc(CCCNC(=O)CCCCOc2cccc(C)c2)n1CC(C)C. The number of aromatic nitrogens is 3. The number of hydrogen-bond donors (Lipinski definition) is 1. The number of hydrogen-bond acceptors (Lipinski definition) is 5. The van der Waals surface area contributed by atoms with Crippen molar-refractivity contribution in [3.63, 3.8) is 0 Å². The molecule has 0 saturated carbocycles. The van der Waals surface area contributed by atoms with E-state index in [4.69, 9.17) is 4.74 Å². The molecule has 0 spiro atoms. The van der Waals surface area contributed by atoms with Gasteiger partial charge >= 0.3 is 0 Å². The number of nitrogens with zero attached hydrogens (tertiary/aromatic N) is 3. The summed E-state index contributed by atoms with van der Waals surface area (Å²) < 4.78 is 7.92. The van der Waals surface area contributed by atoms with Gasteiger partial charge < -0.3 is 14.6 Å². The smallest absolute Gasteiger partial charge is 0.219 e. The van der Waals surface area contributed by atoms with Crippen LogP contribution in [0.4, 0.5) is 0 Å². The van der Waals surface area contributed by atoms with E-state index in [0.717, 1.165) is 49.0 Å². The lowest BCUT2D eigenvalue weighted by Gasteiger charge is -2.11. The van der Waals surface area contributed by atoms with Crippen molar-refractivity contribution < 1.29 is 9.53 Å². The topological polar surface area (TPSA) is 69.0 Å². The molecule has 1 N–H and O–H groups in total. The molecule has 1 aromatic heterocycles. The minimum Gasteiger partial charge on any atom is -0.494 e. The van der Waals surface area contributed by atoms with Gasteiger partial charge in [0.15, 0.2) is 5.16 Å². The van der Waals surface area contributed by atoms with Crippen molar-refractivity contribution in [2.24, 2.45) is 5.92 Å². The van der Waals surface area contributed by atoms with Gasteiger partial charge in [-0.1, -0.05) is 37.7 Å². The van der Waals surface area contributed by atoms with E-state index in [1.165, 1.54) is 5.56 Å². The number of rotatable bonds is 13. The fourth-order valence-electron chi connectivity index (χ4n) is 3.05. The fourth-order valence-corrected chi connectivity index (χ4v) is 3.57.